The highest BCUT2D eigenvalue weighted by Gasteiger charge is 2.16. The molecule has 1 aromatic heterocycles. The fourth-order valence-corrected chi connectivity index (χ4v) is 5.73. The number of carbonyl (C=O) groups is 1. The Balaban J connectivity index is 1.57. The van der Waals surface area contributed by atoms with Gasteiger partial charge in [0, 0.05) is 12.1 Å². The number of methoxy groups -OCH3 is 1. The molecule has 0 saturated heterocycles. The lowest BCUT2D eigenvalue weighted by atomic mass is 10.0. The van der Waals surface area contributed by atoms with Crippen molar-refractivity contribution in [3.8, 4) is 5.88 Å². The largest absolute Gasteiger partial charge is 0.480 e. The number of sulfonamides is 1. The number of carbonyl (C=O) groups excluding carboxylic acids is 1. The van der Waals surface area contributed by atoms with Crippen LogP contribution in [0.2, 0.25) is 0 Å². The zero-order valence-electron chi connectivity index (χ0n) is 21.2. The van der Waals surface area contributed by atoms with Crippen molar-refractivity contribution in [2.45, 2.75) is 102 Å². The highest BCUT2D eigenvalue weighted by molar-refractivity contribution is 7.93. The lowest BCUT2D eigenvalue weighted by molar-refractivity contribution is -0.116. The van der Waals surface area contributed by atoms with E-state index in [0.717, 1.165) is 24.2 Å². The number of unbranched alkanes of at least 4 members (excludes halogenated alkanes) is 12. The highest BCUT2D eigenvalue weighted by Crippen LogP contribution is 2.24. The summed E-state index contributed by atoms with van der Waals surface area (Å²) in [5, 5.41) is 4.70. The van der Waals surface area contributed by atoms with E-state index in [2.05, 4.69) is 21.9 Å². The number of nitrogens with one attached hydrogen (secondary N) is 2. The molecule has 196 valence electrons. The predicted octanol–water partition coefficient (Wildman–Crippen LogP) is 7.37. The number of rotatable bonds is 19. The number of anilines is 2. The maximum absolute atomic E-state index is 12.5. The molecule has 2 N–H and O–H groups in total. The predicted molar refractivity (Wildman–Crippen MR) is 145 cm³/mol. The summed E-state index contributed by atoms with van der Waals surface area (Å²) in [6, 6.07) is 6.12. The van der Waals surface area contributed by atoms with E-state index >= 15 is 0 Å². The molecule has 1 heterocycles. The smallest absolute Gasteiger partial charge is 0.263 e. The molecule has 2 rings (SSSR count). The number of aromatic nitrogens is 1. The van der Waals surface area contributed by atoms with Crippen molar-refractivity contribution >= 4 is 38.1 Å². The number of hydrogen-bond acceptors (Lipinski definition) is 6. The second-order valence-electron chi connectivity index (χ2n) is 8.87. The van der Waals surface area contributed by atoms with E-state index in [-0.39, 0.29) is 15.9 Å². The van der Waals surface area contributed by atoms with Gasteiger partial charge < -0.3 is 10.1 Å². The van der Waals surface area contributed by atoms with Crippen molar-refractivity contribution in [1.82, 2.24) is 4.98 Å². The van der Waals surface area contributed by atoms with E-state index in [1.807, 2.05) is 0 Å². The Morgan fingerprint density at radius 3 is 1.94 bits per heavy atom. The molecule has 0 bridgehead atoms. The number of thiazole rings is 1. The fraction of sp³-hybridized carbons (Fsp3) is 0.615. The van der Waals surface area contributed by atoms with Gasteiger partial charge in [-0.1, -0.05) is 84.0 Å². The lowest BCUT2D eigenvalue weighted by Gasteiger charge is -2.08. The summed E-state index contributed by atoms with van der Waals surface area (Å²) >= 11 is 1.14. The molecule has 0 aliphatic heterocycles. The van der Waals surface area contributed by atoms with Gasteiger partial charge in [-0.3, -0.25) is 9.52 Å². The third kappa shape index (κ3) is 11.9. The van der Waals surface area contributed by atoms with Gasteiger partial charge in [-0.15, -0.1) is 11.3 Å². The van der Waals surface area contributed by atoms with Crippen LogP contribution in [-0.2, 0) is 14.8 Å². The molecular formula is C26H41N3O4S2. The third-order valence-corrected chi connectivity index (χ3v) is 8.09. The molecule has 7 nitrogen and oxygen atoms in total. The standard InChI is InChI=1S/C26H41N3O4S2/c1-3-4-5-6-7-8-9-10-11-12-13-14-15-16-24(30)27-22-17-19-23(20-18-22)35(31,32)29-26-28-25(33-2)21-34-26/h17-21H,3-16H2,1-2H3,(H,27,30)(H,28,29). The van der Waals surface area contributed by atoms with Gasteiger partial charge in [-0.2, -0.15) is 4.98 Å². The molecule has 0 atom stereocenters. The minimum Gasteiger partial charge on any atom is -0.480 e. The first-order valence-electron chi connectivity index (χ1n) is 12.9. The Bertz CT molecular complexity index is 959. The van der Waals surface area contributed by atoms with Crippen molar-refractivity contribution < 1.29 is 17.9 Å². The maximum Gasteiger partial charge on any atom is 0.263 e. The van der Waals surface area contributed by atoms with E-state index < -0.39 is 10.0 Å². The van der Waals surface area contributed by atoms with Gasteiger partial charge in [-0.05, 0) is 30.7 Å². The van der Waals surface area contributed by atoms with Crippen LogP contribution in [-0.4, -0.2) is 26.4 Å². The van der Waals surface area contributed by atoms with E-state index in [9.17, 15) is 13.2 Å². The van der Waals surface area contributed by atoms with Gasteiger partial charge in [-0.25, -0.2) is 8.42 Å². The van der Waals surface area contributed by atoms with Crippen LogP contribution in [0.15, 0.2) is 34.5 Å². The number of benzene rings is 1. The second-order valence-corrected chi connectivity index (χ2v) is 11.4. The van der Waals surface area contributed by atoms with Crippen LogP contribution in [0.1, 0.15) is 96.8 Å². The monoisotopic (exact) mass is 523 g/mol. The van der Waals surface area contributed by atoms with E-state index in [0.29, 0.717) is 18.0 Å². The molecule has 0 unspecified atom stereocenters. The maximum atomic E-state index is 12.5. The molecule has 0 saturated carbocycles. The molecule has 9 heteroatoms. The first-order chi connectivity index (χ1) is 16.9. The van der Waals surface area contributed by atoms with Gasteiger partial charge in [0.25, 0.3) is 10.0 Å². The molecule has 0 fully saturated rings. The highest BCUT2D eigenvalue weighted by atomic mass is 32.2. The first kappa shape index (κ1) is 29.1. The van der Waals surface area contributed by atoms with Crippen LogP contribution >= 0.6 is 11.3 Å². The van der Waals surface area contributed by atoms with Gasteiger partial charge in [0.2, 0.25) is 11.8 Å². The van der Waals surface area contributed by atoms with Gasteiger partial charge >= 0.3 is 0 Å². The number of nitrogens with zero attached hydrogens (tertiary/aromatic N) is 1. The van der Waals surface area contributed by atoms with Crippen molar-refractivity contribution in [3.63, 3.8) is 0 Å². The molecule has 0 radical (unpaired) electrons. The molecule has 1 aromatic carbocycles. The molecule has 0 spiro atoms. The summed E-state index contributed by atoms with van der Waals surface area (Å²) in [4.78, 5) is 16.3. The van der Waals surface area contributed by atoms with Crippen LogP contribution in [0.3, 0.4) is 0 Å². The minimum atomic E-state index is -3.76. The molecular weight excluding hydrogens is 482 g/mol. The molecule has 35 heavy (non-hydrogen) atoms. The topological polar surface area (TPSA) is 97.4 Å². The zero-order valence-corrected chi connectivity index (χ0v) is 22.8. The number of hydrogen-bond donors (Lipinski definition) is 2. The Labute approximate surface area is 215 Å². The average Bonchev–Trinajstić information content (AvgIpc) is 3.29. The average molecular weight is 524 g/mol. The van der Waals surface area contributed by atoms with Crippen LogP contribution in [0.5, 0.6) is 5.88 Å². The van der Waals surface area contributed by atoms with Crippen LogP contribution in [0, 0.1) is 0 Å². The van der Waals surface area contributed by atoms with Crippen LogP contribution in [0.4, 0.5) is 10.8 Å². The molecule has 0 aliphatic rings. The third-order valence-electron chi connectivity index (χ3n) is 5.87. The summed E-state index contributed by atoms with van der Waals surface area (Å²) in [6.07, 6.45) is 17.0. The normalized spacial score (nSPS) is 11.4. The minimum absolute atomic E-state index is 0.0447. The molecule has 0 aliphatic carbocycles. The Kier molecular flexibility index (Phi) is 13.7. The van der Waals surface area contributed by atoms with E-state index in [1.54, 1.807) is 17.5 Å². The summed E-state index contributed by atoms with van der Waals surface area (Å²) in [7, 11) is -2.29. The summed E-state index contributed by atoms with van der Waals surface area (Å²) < 4.78 is 32.4. The summed E-state index contributed by atoms with van der Waals surface area (Å²) in [5.41, 5.74) is 0.583. The number of ether oxygens (including phenoxy) is 1. The van der Waals surface area contributed by atoms with Gasteiger partial charge in [0.05, 0.1) is 17.4 Å². The van der Waals surface area contributed by atoms with Crippen molar-refractivity contribution in [2.24, 2.45) is 0 Å². The van der Waals surface area contributed by atoms with Gasteiger partial charge in [0.15, 0.2) is 5.13 Å². The quantitative estimate of drug-likeness (QED) is 0.187. The van der Waals surface area contributed by atoms with Crippen LogP contribution in [0.25, 0.3) is 0 Å². The molecule has 2 aromatic rings. The van der Waals surface area contributed by atoms with Crippen LogP contribution < -0.4 is 14.8 Å². The molecule has 1 amide bonds. The first-order valence-corrected chi connectivity index (χ1v) is 15.2. The van der Waals surface area contributed by atoms with E-state index in [4.69, 9.17) is 4.74 Å². The van der Waals surface area contributed by atoms with E-state index in [1.165, 1.54) is 89.9 Å². The van der Waals surface area contributed by atoms with Crippen molar-refractivity contribution in [2.75, 3.05) is 17.1 Å². The fourth-order valence-electron chi connectivity index (χ4n) is 3.82. The summed E-state index contributed by atoms with van der Waals surface area (Å²) in [5.74, 6) is 0.311. The Hall–Kier alpha value is -2.13. The zero-order chi connectivity index (χ0) is 25.4. The number of amides is 1. The van der Waals surface area contributed by atoms with Crippen molar-refractivity contribution in [3.05, 3.63) is 29.6 Å². The Morgan fingerprint density at radius 1 is 0.886 bits per heavy atom. The summed E-state index contributed by atoms with van der Waals surface area (Å²) in [6.45, 7) is 2.25. The lowest BCUT2D eigenvalue weighted by Crippen LogP contribution is -2.14. The van der Waals surface area contributed by atoms with Gasteiger partial charge in [0.1, 0.15) is 0 Å². The Morgan fingerprint density at radius 2 is 1.43 bits per heavy atom. The second kappa shape index (κ2) is 16.5. The SMILES string of the molecule is CCCCCCCCCCCCCCCC(=O)Nc1ccc(S(=O)(=O)Nc2nc(OC)cs2)cc1. The van der Waals surface area contributed by atoms with Crippen molar-refractivity contribution in [1.29, 1.82) is 0 Å².